The van der Waals surface area contributed by atoms with E-state index in [9.17, 15) is 19.8 Å². The molecule has 0 bridgehead atoms. The number of carbonyl (C=O) groups is 2. The molecule has 0 aromatic carbocycles. The summed E-state index contributed by atoms with van der Waals surface area (Å²) in [6.45, 7) is 6.35. The predicted octanol–water partition coefficient (Wildman–Crippen LogP) is 16.0. The number of hydrogen-bond acceptors (Lipinski definition) is 5. The van der Waals surface area contributed by atoms with Gasteiger partial charge in [-0.25, -0.2) is 0 Å². The van der Waals surface area contributed by atoms with Crippen molar-refractivity contribution >= 4 is 11.9 Å². The van der Waals surface area contributed by atoms with Gasteiger partial charge >= 0.3 is 5.97 Å². The molecule has 360 valence electrons. The maximum Gasteiger partial charge on any atom is 0.306 e. The second-order valence-corrected chi connectivity index (χ2v) is 17.9. The van der Waals surface area contributed by atoms with Crippen LogP contribution in [-0.4, -0.2) is 46.9 Å². The van der Waals surface area contributed by atoms with Crippen molar-refractivity contribution in [2.45, 2.75) is 277 Å². The van der Waals surface area contributed by atoms with Crippen LogP contribution in [0.1, 0.15) is 258 Å². The Bertz CT molecular complexity index is 1110. The van der Waals surface area contributed by atoms with Crippen molar-refractivity contribution in [3.8, 4) is 0 Å². The highest BCUT2D eigenvalue weighted by molar-refractivity contribution is 5.77. The smallest absolute Gasteiger partial charge is 0.306 e. The van der Waals surface area contributed by atoms with Crippen LogP contribution < -0.4 is 5.32 Å². The number of carbonyl (C=O) groups excluding carboxylic acids is 2. The van der Waals surface area contributed by atoms with Gasteiger partial charge in [-0.3, -0.25) is 9.59 Å². The van der Waals surface area contributed by atoms with E-state index in [2.05, 4.69) is 86.8 Å². The van der Waals surface area contributed by atoms with E-state index in [0.717, 1.165) is 83.5 Å². The summed E-state index contributed by atoms with van der Waals surface area (Å²) in [5.74, 6) is -0.528. The van der Waals surface area contributed by atoms with E-state index >= 15 is 0 Å². The number of nitrogens with one attached hydrogen (secondary N) is 1. The Hall–Kier alpha value is -2.44. The summed E-state index contributed by atoms with van der Waals surface area (Å²) in [6, 6.07) is -0.719. The molecule has 0 aliphatic heterocycles. The number of esters is 1. The number of allylic oxidation sites excluding steroid dienone is 10. The average molecular weight is 868 g/mol. The van der Waals surface area contributed by atoms with Gasteiger partial charge in [0.25, 0.3) is 0 Å². The second-order valence-electron chi connectivity index (χ2n) is 17.9. The zero-order valence-electron chi connectivity index (χ0n) is 41.0. The van der Waals surface area contributed by atoms with E-state index in [1.165, 1.54) is 128 Å². The number of unbranched alkanes of at least 4 members (excludes halogenated alkanes) is 25. The van der Waals surface area contributed by atoms with Crippen molar-refractivity contribution in [1.29, 1.82) is 0 Å². The zero-order chi connectivity index (χ0) is 45.2. The Balaban J connectivity index is 4.58. The summed E-state index contributed by atoms with van der Waals surface area (Å²) in [5, 5.41) is 23.8. The van der Waals surface area contributed by atoms with Crippen LogP contribution >= 0.6 is 0 Å². The molecule has 0 heterocycles. The van der Waals surface area contributed by atoms with Crippen LogP contribution in [0, 0.1) is 0 Å². The van der Waals surface area contributed by atoms with Crippen LogP contribution in [0.25, 0.3) is 0 Å². The molecular weight excluding hydrogens is 767 g/mol. The lowest BCUT2D eigenvalue weighted by atomic mass is 10.0. The lowest BCUT2D eigenvalue weighted by Gasteiger charge is -2.24. The molecule has 0 aliphatic carbocycles. The summed E-state index contributed by atoms with van der Waals surface area (Å²) in [5.41, 5.74) is 0. The summed E-state index contributed by atoms with van der Waals surface area (Å²) >= 11 is 0. The van der Waals surface area contributed by atoms with Crippen molar-refractivity contribution in [3.63, 3.8) is 0 Å². The molecule has 1 amide bonds. The van der Waals surface area contributed by atoms with E-state index < -0.39 is 18.2 Å². The van der Waals surface area contributed by atoms with E-state index in [4.69, 9.17) is 4.74 Å². The maximum atomic E-state index is 13.2. The number of ether oxygens (including phenoxy) is 1. The van der Waals surface area contributed by atoms with Crippen molar-refractivity contribution in [3.05, 3.63) is 60.8 Å². The van der Waals surface area contributed by atoms with E-state index in [0.29, 0.717) is 19.3 Å². The van der Waals surface area contributed by atoms with Crippen molar-refractivity contribution in [1.82, 2.24) is 5.32 Å². The first-order valence-corrected chi connectivity index (χ1v) is 26.5. The molecule has 3 N–H and O–H groups in total. The van der Waals surface area contributed by atoms with Gasteiger partial charge in [-0.05, 0) is 64.2 Å². The second kappa shape index (κ2) is 49.6. The van der Waals surface area contributed by atoms with Gasteiger partial charge in [0.1, 0.15) is 6.10 Å². The number of aliphatic hydroxyl groups excluding tert-OH is 2. The van der Waals surface area contributed by atoms with E-state index in [-0.39, 0.29) is 24.9 Å². The average Bonchev–Trinajstić information content (AvgIpc) is 3.26. The lowest BCUT2D eigenvalue weighted by molar-refractivity contribution is -0.151. The molecule has 0 aromatic rings. The Morgan fingerprint density at radius 1 is 0.484 bits per heavy atom. The summed E-state index contributed by atoms with van der Waals surface area (Å²) in [4.78, 5) is 26.1. The molecule has 6 nitrogen and oxygen atoms in total. The van der Waals surface area contributed by atoms with Crippen molar-refractivity contribution < 1.29 is 24.5 Å². The monoisotopic (exact) mass is 868 g/mol. The van der Waals surface area contributed by atoms with Crippen molar-refractivity contribution in [2.75, 3.05) is 6.61 Å². The fraction of sp³-hybridized carbons (Fsp3) is 0.786. The third-order valence-corrected chi connectivity index (χ3v) is 11.9. The molecule has 0 radical (unpaired) electrons. The molecule has 0 saturated heterocycles. The molecular formula is C56H101NO5. The maximum absolute atomic E-state index is 13.2. The van der Waals surface area contributed by atoms with Gasteiger partial charge in [-0.2, -0.15) is 0 Å². The standard InChI is InChI=1S/C56H101NO5/c1-4-7-10-13-16-19-21-23-25-27-29-31-33-36-38-41-44-47-52(62-56(61)49-46-43-40-35-18-15-12-9-6-3)50-55(60)57-53(51-58)54(59)48-45-42-39-37-34-32-30-28-26-24-22-20-17-14-11-8-5-2/h7,10,16,19,23,25,29,31,36,38,52-54,58-59H,4-6,8-9,11-15,17-18,20-22,24,26-28,30,32-35,37,39-51H2,1-3H3,(H,57,60)/b10-7-,19-16-,25-23-,31-29-,38-36-. The van der Waals surface area contributed by atoms with Gasteiger partial charge in [0.05, 0.1) is 25.2 Å². The topological polar surface area (TPSA) is 95.9 Å². The van der Waals surface area contributed by atoms with Crippen LogP contribution in [-0.2, 0) is 14.3 Å². The SMILES string of the molecule is CC/C=C\C/C=C\C/C=C\C/C=C\C/C=C\CCCC(CC(=O)NC(CO)C(O)CCCCCCCCCCCCCCCCCCC)OC(=O)CCCCCCCCCCC. The fourth-order valence-corrected chi connectivity index (χ4v) is 7.87. The number of hydrogen-bond donors (Lipinski definition) is 3. The molecule has 0 saturated carbocycles. The molecule has 0 aromatic heterocycles. The first-order chi connectivity index (χ1) is 30.5. The van der Waals surface area contributed by atoms with Crippen LogP contribution in [0.15, 0.2) is 60.8 Å². The van der Waals surface area contributed by atoms with Crippen LogP contribution in [0.3, 0.4) is 0 Å². The summed E-state index contributed by atoms with van der Waals surface area (Å²) in [6.07, 6.45) is 61.5. The summed E-state index contributed by atoms with van der Waals surface area (Å²) in [7, 11) is 0. The van der Waals surface area contributed by atoms with Crippen LogP contribution in [0.2, 0.25) is 0 Å². The van der Waals surface area contributed by atoms with Gasteiger partial charge in [-0.15, -0.1) is 0 Å². The third-order valence-electron chi connectivity index (χ3n) is 11.9. The third kappa shape index (κ3) is 44.2. The van der Waals surface area contributed by atoms with Gasteiger partial charge in [-0.1, -0.05) is 242 Å². The predicted molar refractivity (Wildman–Crippen MR) is 268 cm³/mol. The van der Waals surface area contributed by atoms with Gasteiger partial charge < -0.3 is 20.3 Å². The Morgan fingerprint density at radius 3 is 1.29 bits per heavy atom. The van der Waals surface area contributed by atoms with Gasteiger partial charge in [0.15, 0.2) is 0 Å². The van der Waals surface area contributed by atoms with Gasteiger partial charge in [0, 0.05) is 6.42 Å². The Labute approximate surface area is 384 Å². The normalized spacial score (nSPS) is 13.7. The minimum atomic E-state index is -0.803. The largest absolute Gasteiger partial charge is 0.462 e. The first kappa shape index (κ1) is 59.6. The molecule has 0 rings (SSSR count). The highest BCUT2D eigenvalue weighted by Crippen LogP contribution is 2.17. The van der Waals surface area contributed by atoms with E-state index in [1.807, 2.05) is 0 Å². The molecule has 6 heteroatoms. The molecule has 0 fully saturated rings. The molecule has 3 atom stereocenters. The molecule has 62 heavy (non-hydrogen) atoms. The minimum Gasteiger partial charge on any atom is -0.462 e. The molecule has 0 aliphatic rings. The quantitative estimate of drug-likeness (QED) is 0.0322. The van der Waals surface area contributed by atoms with Gasteiger partial charge in [0.2, 0.25) is 5.91 Å². The van der Waals surface area contributed by atoms with E-state index in [1.54, 1.807) is 0 Å². The Kier molecular flexibility index (Phi) is 47.6. The van der Waals surface area contributed by atoms with Crippen LogP contribution in [0.5, 0.6) is 0 Å². The first-order valence-electron chi connectivity index (χ1n) is 26.5. The summed E-state index contributed by atoms with van der Waals surface area (Å²) < 4.78 is 5.89. The number of aliphatic hydroxyl groups is 2. The highest BCUT2D eigenvalue weighted by Gasteiger charge is 2.24. The highest BCUT2D eigenvalue weighted by atomic mass is 16.5. The Morgan fingerprint density at radius 2 is 0.871 bits per heavy atom. The number of rotatable bonds is 47. The molecule has 3 unspecified atom stereocenters. The van der Waals surface area contributed by atoms with Crippen LogP contribution in [0.4, 0.5) is 0 Å². The fourth-order valence-electron chi connectivity index (χ4n) is 7.87. The molecule has 0 spiro atoms. The zero-order valence-corrected chi connectivity index (χ0v) is 41.0. The van der Waals surface area contributed by atoms with Crippen molar-refractivity contribution in [2.24, 2.45) is 0 Å². The minimum absolute atomic E-state index is 0.0392. The lowest BCUT2D eigenvalue weighted by Crippen LogP contribution is -2.46. The number of amides is 1.